The minimum absolute atomic E-state index is 0.0289. The number of hydrogen-bond donors (Lipinski definition) is 2. The molecule has 0 aliphatic heterocycles. The van der Waals surface area contributed by atoms with Gasteiger partial charge in [0.05, 0.1) is 5.69 Å². The highest BCUT2D eigenvalue weighted by Crippen LogP contribution is 2.35. The molecular weight excluding hydrogens is 480 g/mol. The highest BCUT2D eigenvalue weighted by atomic mass is 79.9. The molecule has 0 radical (unpaired) electrons. The van der Waals surface area contributed by atoms with Gasteiger partial charge in [0.15, 0.2) is 0 Å². The van der Waals surface area contributed by atoms with Crippen molar-refractivity contribution >= 4 is 63.5 Å². The quantitative estimate of drug-likeness (QED) is 0.697. The molecule has 0 unspecified atom stereocenters. The molecule has 0 saturated heterocycles. The lowest BCUT2D eigenvalue weighted by Gasteiger charge is -2.12. The van der Waals surface area contributed by atoms with Crippen LogP contribution in [0, 0.1) is 0 Å². The summed E-state index contributed by atoms with van der Waals surface area (Å²) in [5, 5.41) is 0. The second-order valence-corrected chi connectivity index (χ2v) is 8.05. The molecule has 106 valence electrons. The van der Waals surface area contributed by atoms with Crippen molar-refractivity contribution in [1.29, 1.82) is 0 Å². The monoisotopic (exact) mass is 484 g/mol. The van der Waals surface area contributed by atoms with Gasteiger partial charge in [0, 0.05) is 25.7 Å². The predicted molar refractivity (Wildman–Crippen MR) is 87.4 cm³/mol. The normalized spacial score (nSPS) is 11.3. The molecule has 0 bridgehead atoms. The summed E-state index contributed by atoms with van der Waals surface area (Å²) >= 11 is 9.88. The number of nitrogens with one attached hydrogen (secondary N) is 2. The Kier molecular flexibility index (Phi) is 4.73. The van der Waals surface area contributed by atoms with E-state index in [2.05, 4.69) is 57.5 Å². The number of H-pyrrole nitrogens is 1. The van der Waals surface area contributed by atoms with Crippen LogP contribution in [0.1, 0.15) is 0 Å². The van der Waals surface area contributed by atoms with Crippen LogP contribution in [0.25, 0.3) is 0 Å². The van der Waals surface area contributed by atoms with Gasteiger partial charge in [-0.1, -0.05) is 15.9 Å². The summed E-state index contributed by atoms with van der Waals surface area (Å²) in [5.74, 6) is 0. The molecule has 5 nitrogen and oxygen atoms in total. The van der Waals surface area contributed by atoms with E-state index in [1.54, 1.807) is 12.1 Å². The average molecular weight is 487 g/mol. The van der Waals surface area contributed by atoms with Gasteiger partial charge in [-0.15, -0.1) is 0 Å². The van der Waals surface area contributed by atoms with E-state index in [4.69, 9.17) is 0 Å². The van der Waals surface area contributed by atoms with Gasteiger partial charge < -0.3 is 4.98 Å². The molecule has 0 atom stereocenters. The molecule has 9 heteroatoms. The molecule has 0 spiro atoms. The van der Waals surface area contributed by atoms with Crippen LogP contribution in [-0.4, -0.2) is 13.4 Å². The van der Waals surface area contributed by atoms with E-state index in [9.17, 15) is 13.2 Å². The summed E-state index contributed by atoms with van der Waals surface area (Å²) in [4.78, 5) is 13.3. The summed E-state index contributed by atoms with van der Waals surface area (Å²) in [6.07, 6.45) is 1.14. The van der Waals surface area contributed by atoms with Crippen molar-refractivity contribution in [1.82, 2.24) is 4.98 Å². The molecule has 2 aromatic rings. The van der Waals surface area contributed by atoms with Crippen molar-refractivity contribution in [2.75, 3.05) is 4.72 Å². The maximum atomic E-state index is 12.2. The Labute approximate surface area is 140 Å². The third-order valence-corrected chi connectivity index (χ3v) is 5.37. The number of sulfonamides is 1. The molecule has 0 aliphatic rings. The Hall–Kier alpha value is -0.640. The van der Waals surface area contributed by atoms with E-state index < -0.39 is 10.0 Å². The van der Waals surface area contributed by atoms with Gasteiger partial charge >= 0.3 is 0 Å². The summed E-state index contributed by atoms with van der Waals surface area (Å²) in [5.41, 5.74) is 0.00866. The second-order valence-electron chi connectivity index (χ2n) is 3.74. The number of pyridine rings is 1. The Morgan fingerprint density at radius 2 is 1.65 bits per heavy atom. The Bertz CT molecular complexity index is 774. The number of hydrogen-bond acceptors (Lipinski definition) is 3. The topological polar surface area (TPSA) is 79.0 Å². The van der Waals surface area contributed by atoms with Crippen LogP contribution < -0.4 is 10.3 Å². The molecule has 1 aromatic heterocycles. The fourth-order valence-corrected chi connectivity index (χ4v) is 5.18. The first-order valence-electron chi connectivity index (χ1n) is 5.16. The fraction of sp³-hybridized carbons (Fsp3) is 0. The highest BCUT2D eigenvalue weighted by molar-refractivity contribution is 9.11. The predicted octanol–water partition coefficient (Wildman–Crippen LogP) is 3.46. The summed E-state index contributed by atoms with van der Waals surface area (Å²) < 4.78 is 28.8. The average Bonchev–Trinajstić information content (AvgIpc) is 2.34. The zero-order valence-electron chi connectivity index (χ0n) is 9.65. The van der Waals surface area contributed by atoms with E-state index in [0.29, 0.717) is 14.6 Å². The molecular formula is C11H7Br3N2O3S. The first-order valence-corrected chi connectivity index (χ1v) is 9.02. The van der Waals surface area contributed by atoms with E-state index in [1.165, 1.54) is 6.07 Å². The van der Waals surface area contributed by atoms with Gasteiger partial charge in [0.1, 0.15) is 4.90 Å². The molecule has 1 heterocycles. The maximum Gasteiger partial charge on any atom is 0.263 e. The standard InChI is InChI=1S/C11H7Br3N2O3S/c12-6-3-8(13)11(9(14)4-6)16-20(18,19)7-1-2-10(17)15-5-7/h1-5,16H,(H,15,17). The van der Waals surface area contributed by atoms with Crippen molar-refractivity contribution < 1.29 is 8.42 Å². The number of halogens is 3. The fourth-order valence-electron chi connectivity index (χ4n) is 1.40. The van der Waals surface area contributed by atoms with Gasteiger partial charge in [-0.05, 0) is 50.1 Å². The number of aromatic nitrogens is 1. The molecule has 1 aromatic carbocycles. The van der Waals surface area contributed by atoms with Gasteiger partial charge in [-0.25, -0.2) is 8.42 Å². The number of anilines is 1. The SMILES string of the molecule is O=c1ccc(S(=O)(=O)Nc2c(Br)cc(Br)cc2Br)c[nH]1. The van der Waals surface area contributed by atoms with Gasteiger partial charge in [0.25, 0.3) is 10.0 Å². The Morgan fingerprint density at radius 3 is 2.15 bits per heavy atom. The van der Waals surface area contributed by atoms with E-state index in [0.717, 1.165) is 16.7 Å². The van der Waals surface area contributed by atoms with Crippen LogP contribution in [0.15, 0.2) is 53.6 Å². The molecule has 0 saturated carbocycles. The van der Waals surface area contributed by atoms with E-state index in [-0.39, 0.29) is 10.5 Å². The minimum atomic E-state index is -3.78. The molecule has 2 rings (SSSR count). The molecule has 20 heavy (non-hydrogen) atoms. The second kappa shape index (κ2) is 6.00. The lowest BCUT2D eigenvalue weighted by Crippen LogP contribution is -2.15. The number of aromatic amines is 1. The Morgan fingerprint density at radius 1 is 1.05 bits per heavy atom. The van der Waals surface area contributed by atoms with Crippen molar-refractivity contribution in [2.24, 2.45) is 0 Å². The van der Waals surface area contributed by atoms with Crippen LogP contribution in [0.4, 0.5) is 5.69 Å². The third-order valence-electron chi connectivity index (χ3n) is 2.31. The maximum absolute atomic E-state index is 12.2. The summed E-state index contributed by atoms with van der Waals surface area (Å²) in [6.45, 7) is 0. The third kappa shape index (κ3) is 3.51. The van der Waals surface area contributed by atoms with Crippen LogP contribution in [0.2, 0.25) is 0 Å². The van der Waals surface area contributed by atoms with Crippen molar-refractivity contribution in [3.63, 3.8) is 0 Å². The molecule has 0 amide bonds. The van der Waals surface area contributed by atoms with Crippen LogP contribution in [-0.2, 0) is 10.0 Å². The molecule has 0 fully saturated rings. The first kappa shape index (κ1) is 15.7. The summed E-state index contributed by atoms with van der Waals surface area (Å²) in [7, 11) is -3.78. The molecule has 0 aliphatic carbocycles. The zero-order valence-corrected chi connectivity index (χ0v) is 15.2. The Balaban J connectivity index is 2.43. The number of rotatable bonds is 3. The van der Waals surface area contributed by atoms with Crippen LogP contribution >= 0.6 is 47.8 Å². The van der Waals surface area contributed by atoms with Crippen molar-refractivity contribution in [2.45, 2.75) is 4.90 Å². The van der Waals surface area contributed by atoms with Gasteiger partial charge in [-0.3, -0.25) is 9.52 Å². The number of benzene rings is 1. The van der Waals surface area contributed by atoms with E-state index in [1.807, 2.05) is 0 Å². The van der Waals surface area contributed by atoms with E-state index >= 15 is 0 Å². The molecule has 2 N–H and O–H groups in total. The highest BCUT2D eigenvalue weighted by Gasteiger charge is 2.18. The minimum Gasteiger partial charge on any atom is -0.328 e. The first-order chi connectivity index (χ1) is 9.29. The largest absolute Gasteiger partial charge is 0.328 e. The summed E-state index contributed by atoms with van der Waals surface area (Å²) in [6, 6.07) is 5.83. The van der Waals surface area contributed by atoms with Gasteiger partial charge in [0.2, 0.25) is 5.56 Å². The lowest BCUT2D eigenvalue weighted by molar-refractivity contribution is 0.600. The van der Waals surface area contributed by atoms with Crippen LogP contribution in [0.3, 0.4) is 0 Å². The van der Waals surface area contributed by atoms with Crippen molar-refractivity contribution in [3.8, 4) is 0 Å². The van der Waals surface area contributed by atoms with Crippen LogP contribution in [0.5, 0.6) is 0 Å². The zero-order chi connectivity index (χ0) is 14.9. The van der Waals surface area contributed by atoms with Gasteiger partial charge in [-0.2, -0.15) is 0 Å². The van der Waals surface area contributed by atoms with Crippen molar-refractivity contribution in [3.05, 3.63) is 54.2 Å². The smallest absolute Gasteiger partial charge is 0.263 e. The lowest BCUT2D eigenvalue weighted by atomic mass is 10.3.